The molecule has 0 bridgehead atoms. The Hall–Kier alpha value is -4.23. The number of carboxylic acid groups (broad SMARTS) is 1. The number of hydrogen-bond donors (Lipinski definition) is 1. The van der Waals surface area contributed by atoms with Crippen LogP contribution in [0.1, 0.15) is 41.5 Å². The minimum atomic E-state index is -0.934. The Kier molecular flexibility index (Phi) is 6.76. The third kappa shape index (κ3) is 4.40. The molecule has 4 aromatic carbocycles. The summed E-state index contributed by atoms with van der Waals surface area (Å²) in [6, 6.07) is 25.7. The molecule has 0 radical (unpaired) electrons. The van der Waals surface area contributed by atoms with Crippen molar-refractivity contribution in [1.29, 1.82) is 0 Å². The van der Waals surface area contributed by atoms with E-state index < -0.39 is 5.97 Å². The Bertz CT molecular complexity index is 1920. The topological polar surface area (TPSA) is 72.9 Å². The Labute approximate surface area is 241 Å². The van der Waals surface area contributed by atoms with E-state index in [1.54, 1.807) is 12.1 Å². The SMILES string of the molecule is CCCCc1nc2ccc(-c3nc4cc(Br)ccc4n3C)cc2n1-c1cccc(-c2ccccc2C(=O)O)c1C. The maximum absolute atomic E-state index is 12.0. The van der Waals surface area contributed by atoms with Crippen LogP contribution < -0.4 is 0 Å². The summed E-state index contributed by atoms with van der Waals surface area (Å²) in [6.07, 6.45) is 2.93. The zero-order valence-electron chi connectivity index (χ0n) is 22.6. The average Bonchev–Trinajstić information content (AvgIpc) is 3.48. The van der Waals surface area contributed by atoms with E-state index in [9.17, 15) is 9.90 Å². The largest absolute Gasteiger partial charge is 0.478 e. The summed E-state index contributed by atoms with van der Waals surface area (Å²) >= 11 is 3.56. The van der Waals surface area contributed by atoms with Gasteiger partial charge < -0.3 is 9.67 Å². The zero-order chi connectivity index (χ0) is 28.0. The Balaban J connectivity index is 1.57. The van der Waals surface area contributed by atoms with Gasteiger partial charge in [-0.1, -0.05) is 59.6 Å². The molecular formula is C33H29BrN4O2. The van der Waals surface area contributed by atoms with Crippen molar-refractivity contribution in [3.05, 3.63) is 100 Å². The summed E-state index contributed by atoms with van der Waals surface area (Å²) in [5.74, 6) is 0.949. The maximum Gasteiger partial charge on any atom is 0.336 e. The third-order valence-electron chi connectivity index (χ3n) is 7.57. The number of aromatic nitrogens is 4. The molecule has 2 aromatic heterocycles. The van der Waals surface area contributed by atoms with Gasteiger partial charge in [-0.15, -0.1) is 0 Å². The van der Waals surface area contributed by atoms with Gasteiger partial charge in [0.1, 0.15) is 11.6 Å². The lowest BCUT2D eigenvalue weighted by molar-refractivity contribution is 0.0697. The summed E-state index contributed by atoms with van der Waals surface area (Å²) in [7, 11) is 2.04. The van der Waals surface area contributed by atoms with Crippen LogP contribution in [0.4, 0.5) is 0 Å². The molecule has 6 nitrogen and oxygen atoms in total. The van der Waals surface area contributed by atoms with E-state index in [0.717, 1.165) is 79.8 Å². The molecule has 0 aliphatic heterocycles. The van der Waals surface area contributed by atoms with Gasteiger partial charge in [-0.25, -0.2) is 14.8 Å². The average molecular weight is 594 g/mol. The van der Waals surface area contributed by atoms with Crippen molar-refractivity contribution in [2.75, 3.05) is 0 Å². The molecule has 0 spiro atoms. The van der Waals surface area contributed by atoms with Gasteiger partial charge in [0.2, 0.25) is 0 Å². The minimum Gasteiger partial charge on any atom is -0.478 e. The number of hydrogen-bond acceptors (Lipinski definition) is 3. The summed E-state index contributed by atoms with van der Waals surface area (Å²) in [4.78, 5) is 22.0. The number of imidazole rings is 2. The Morgan fingerprint density at radius 3 is 2.50 bits per heavy atom. The molecule has 0 aliphatic rings. The van der Waals surface area contributed by atoms with Crippen molar-refractivity contribution in [2.45, 2.75) is 33.1 Å². The van der Waals surface area contributed by atoms with Crippen molar-refractivity contribution >= 4 is 44.0 Å². The van der Waals surface area contributed by atoms with Crippen LogP contribution in [0.5, 0.6) is 0 Å². The van der Waals surface area contributed by atoms with E-state index in [1.807, 2.05) is 43.4 Å². The van der Waals surface area contributed by atoms with Gasteiger partial charge in [0.25, 0.3) is 0 Å². The molecular weight excluding hydrogens is 564 g/mol. The first kappa shape index (κ1) is 26.0. The van der Waals surface area contributed by atoms with Crippen molar-refractivity contribution in [3.8, 4) is 28.2 Å². The standard InChI is InChI=1S/C33H29BrN4O2/c1-4-5-13-31-35-26-16-14-21(32-36-27-19-22(34)15-17-29(27)37(32)3)18-30(26)38(31)28-12-8-11-23(20(28)2)24-9-6-7-10-25(24)33(39)40/h6-12,14-19H,4-5,13H2,1-3H3,(H,39,40). The molecule has 0 unspecified atom stereocenters. The number of aromatic carboxylic acids is 1. The number of aryl methyl sites for hydroxylation is 2. The number of nitrogens with zero attached hydrogens (tertiary/aromatic N) is 4. The highest BCUT2D eigenvalue weighted by Gasteiger charge is 2.20. The molecule has 40 heavy (non-hydrogen) atoms. The Morgan fingerprint density at radius 1 is 0.900 bits per heavy atom. The quantitative estimate of drug-likeness (QED) is 0.202. The molecule has 0 saturated heterocycles. The molecule has 0 amide bonds. The van der Waals surface area contributed by atoms with Gasteiger partial charge in [-0.05, 0) is 78.6 Å². The fraction of sp³-hybridized carbons (Fsp3) is 0.182. The number of carboxylic acids is 1. The van der Waals surface area contributed by atoms with Gasteiger partial charge in [0.05, 0.1) is 33.3 Å². The molecule has 200 valence electrons. The summed E-state index contributed by atoms with van der Waals surface area (Å²) in [5.41, 5.74) is 8.84. The predicted molar refractivity (Wildman–Crippen MR) is 164 cm³/mol. The van der Waals surface area contributed by atoms with Crippen LogP contribution in [0.3, 0.4) is 0 Å². The van der Waals surface area contributed by atoms with Gasteiger partial charge in [-0.2, -0.15) is 0 Å². The lowest BCUT2D eigenvalue weighted by Gasteiger charge is -2.17. The van der Waals surface area contributed by atoms with Gasteiger partial charge in [0.15, 0.2) is 0 Å². The number of carbonyl (C=O) groups is 1. The maximum atomic E-state index is 12.0. The fourth-order valence-corrected chi connectivity index (χ4v) is 5.88. The first-order chi connectivity index (χ1) is 19.4. The van der Waals surface area contributed by atoms with E-state index in [4.69, 9.17) is 9.97 Å². The molecule has 0 atom stereocenters. The third-order valence-corrected chi connectivity index (χ3v) is 8.07. The molecule has 7 heteroatoms. The van der Waals surface area contributed by atoms with Crippen LogP contribution in [0.15, 0.2) is 83.3 Å². The highest BCUT2D eigenvalue weighted by molar-refractivity contribution is 9.10. The van der Waals surface area contributed by atoms with E-state index in [0.29, 0.717) is 11.1 Å². The fourth-order valence-electron chi connectivity index (χ4n) is 5.53. The monoisotopic (exact) mass is 592 g/mol. The number of fused-ring (bicyclic) bond motifs is 2. The highest BCUT2D eigenvalue weighted by Crippen LogP contribution is 2.35. The van der Waals surface area contributed by atoms with Crippen molar-refractivity contribution in [3.63, 3.8) is 0 Å². The van der Waals surface area contributed by atoms with E-state index in [2.05, 4.69) is 69.2 Å². The van der Waals surface area contributed by atoms with Gasteiger partial charge >= 0.3 is 5.97 Å². The van der Waals surface area contributed by atoms with Crippen LogP contribution in [-0.4, -0.2) is 30.2 Å². The van der Waals surface area contributed by atoms with Crippen LogP contribution >= 0.6 is 15.9 Å². The zero-order valence-corrected chi connectivity index (χ0v) is 24.2. The second-order valence-electron chi connectivity index (χ2n) is 10.1. The predicted octanol–water partition coefficient (Wildman–Crippen LogP) is 8.36. The van der Waals surface area contributed by atoms with Crippen LogP contribution in [0.2, 0.25) is 0 Å². The number of unbranched alkanes of at least 4 members (excludes halogenated alkanes) is 1. The second kappa shape index (κ2) is 10.4. The van der Waals surface area contributed by atoms with Crippen LogP contribution in [0, 0.1) is 6.92 Å². The number of benzene rings is 4. The van der Waals surface area contributed by atoms with E-state index >= 15 is 0 Å². The number of rotatable bonds is 7. The second-order valence-corrected chi connectivity index (χ2v) is 11.0. The molecule has 0 saturated carbocycles. The lowest BCUT2D eigenvalue weighted by Crippen LogP contribution is -2.06. The minimum absolute atomic E-state index is 0.292. The molecule has 0 aliphatic carbocycles. The van der Waals surface area contributed by atoms with Crippen molar-refractivity contribution in [1.82, 2.24) is 19.1 Å². The molecule has 2 heterocycles. The lowest BCUT2D eigenvalue weighted by atomic mass is 9.95. The molecule has 0 fully saturated rings. The summed E-state index contributed by atoms with van der Waals surface area (Å²) in [5, 5.41) is 9.86. The van der Waals surface area contributed by atoms with Gasteiger partial charge in [-0.3, -0.25) is 4.57 Å². The summed E-state index contributed by atoms with van der Waals surface area (Å²) < 4.78 is 5.37. The van der Waals surface area contributed by atoms with Crippen molar-refractivity contribution < 1.29 is 9.90 Å². The molecule has 1 N–H and O–H groups in total. The van der Waals surface area contributed by atoms with E-state index in [1.165, 1.54) is 0 Å². The van der Waals surface area contributed by atoms with E-state index in [-0.39, 0.29) is 0 Å². The molecule has 6 aromatic rings. The Morgan fingerprint density at radius 2 is 1.70 bits per heavy atom. The van der Waals surface area contributed by atoms with Gasteiger partial charge in [0, 0.05) is 23.5 Å². The van der Waals surface area contributed by atoms with Crippen LogP contribution in [0.25, 0.3) is 50.3 Å². The van der Waals surface area contributed by atoms with Crippen LogP contribution in [-0.2, 0) is 13.5 Å². The first-order valence-corrected chi connectivity index (χ1v) is 14.2. The normalized spacial score (nSPS) is 11.5. The molecule has 6 rings (SSSR count). The smallest absolute Gasteiger partial charge is 0.336 e. The highest BCUT2D eigenvalue weighted by atomic mass is 79.9. The summed E-state index contributed by atoms with van der Waals surface area (Å²) in [6.45, 7) is 4.25. The van der Waals surface area contributed by atoms with Crippen molar-refractivity contribution in [2.24, 2.45) is 7.05 Å². The first-order valence-electron chi connectivity index (χ1n) is 13.4. The number of halogens is 1.